The zero-order chi connectivity index (χ0) is 14.2. The van der Waals surface area contributed by atoms with Gasteiger partial charge in [0.15, 0.2) is 0 Å². The highest BCUT2D eigenvalue weighted by molar-refractivity contribution is 7.92. The second-order valence-corrected chi connectivity index (χ2v) is 6.89. The molecule has 1 aliphatic rings. The summed E-state index contributed by atoms with van der Waals surface area (Å²) in [6.07, 6.45) is 6.67. The molecule has 0 saturated carbocycles. The highest BCUT2D eigenvalue weighted by Gasteiger charge is 2.13. The molecule has 1 aromatic heterocycles. The van der Waals surface area contributed by atoms with Gasteiger partial charge in [-0.2, -0.15) is 0 Å². The molecule has 2 aromatic rings. The van der Waals surface area contributed by atoms with E-state index in [2.05, 4.69) is 20.5 Å². The Bertz CT molecular complexity index is 694. The minimum Gasteiger partial charge on any atom is -0.334 e. The number of hydrogen-bond acceptors (Lipinski definition) is 3. The van der Waals surface area contributed by atoms with Crippen LogP contribution in [0.3, 0.4) is 0 Å². The summed E-state index contributed by atoms with van der Waals surface area (Å²) in [5.41, 5.74) is 2.53. The van der Waals surface area contributed by atoms with Gasteiger partial charge >= 0.3 is 0 Å². The van der Waals surface area contributed by atoms with Crippen molar-refractivity contribution in [1.29, 1.82) is 0 Å². The second kappa shape index (κ2) is 4.94. The van der Waals surface area contributed by atoms with Crippen LogP contribution in [0.2, 0.25) is 0 Å². The van der Waals surface area contributed by atoms with E-state index >= 15 is 0 Å². The Morgan fingerprint density at radius 2 is 1.95 bits per heavy atom. The normalized spacial score (nSPS) is 14.8. The highest BCUT2D eigenvalue weighted by Crippen LogP contribution is 2.24. The first kappa shape index (κ1) is 13.2. The van der Waals surface area contributed by atoms with Crippen molar-refractivity contribution in [2.45, 2.75) is 25.8 Å². The summed E-state index contributed by atoms with van der Waals surface area (Å²) in [6.45, 7) is 1.04. The second-order valence-electron chi connectivity index (χ2n) is 5.14. The molecule has 6 heteroatoms. The van der Waals surface area contributed by atoms with Crippen molar-refractivity contribution >= 4 is 15.7 Å². The maximum atomic E-state index is 11.2. The Hall–Kier alpha value is -1.82. The summed E-state index contributed by atoms with van der Waals surface area (Å²) >= 11 is 0. The summed E-state index contributed by atoms with van der Waals surface area (Å²) in [5, 5.41) is 0. The molecule has 0 spiro atoms. The molecule has 0 radical (unpaired) electrons. The fourth-order valence-electron chi connectivity index (χ4n) is 2.47. The molecule has 0 saturated heterocycles. The van der Waals surface area contributed by atoms with Gasteiger partial charge in [-0.1, -0.05) is 12.1 Å². The number of nitrogens with zero attached hydrogens (tertiary/aromatic N) is 2. The molecule has 0 atom stereocenters. The Morgan fingerprint density at radius 1 is 1.20 bits per heavy atom. The SMILES string of the molecule is CS(=O)(=O)Nc1ccc(-c2cn3c(n2)CCCC3)cc1. The van der Waals surface area contributed by atoms with Crippen LogP contribution in [0.4, 0.5) is 5.69 Å². The lowest BCUT2D eigenvalue weighted by Crippen LogP contribution is -2.09. The Balaban J connectivity index is 1.85. The monoisotopic (exact) mass is 291 g/mol. The summed E-state index contributed by atoms with van der Waals surface area (Å²) in [5.74, 6) is 1.14. The number of hydrogen-bond donors (Lipinski definition) is 1. The first-order chi connectivity index (χ1) is 9.51. The summed E-state index contributed by atoms with van der Waals surface area (Å²) in [7, 11) is -3.23. The number of aromatic nitrogens is 2. The van der Waals surface area contributed by atoms with Gasteiger partial charge in [0.2, 0.25) is 10.0 Å². The van der Waals surface area contributed by atoms with Crippen LogP contribution in [0.1, 0.15) is 18.7 Å². The fourth-order valence-corrected chi connectivity index (χ4v) is 3.04. The van der Waals surface area contributed by atoms with Crippen LogP contribution in [0.15, 0.2) is 30.5 Å². The van der Waals surface area contributed by atoms with Gasteiger partial charge in [0.05, 0.1) is 11.9 Å². The van der Waals surface area contributed by atoms with Gasteiger partial charge in [0.1, 0.15) is 5.82 Å². The van der Waals surface area contributed by atoms with Crippen molar-refractivity contribution in [3.63, 3.8) is 0 Å². The van der Waals surface area contributed by atoms with Crippen molar-refractivity contribution in [2.24, 2.45) is 0 Å². The van der Waals surface area contributed by atoms with E-state index in [1.807, 2.05) is 12.1 Å². The van der Waals surface area contributed by atoms with Crippen molar-refractivity contribution in [3.8, 4) is 11.3 Å². The van der Waals surface area contributed by atoms with Crippen LogP contribution in [0.5, 0.6) is 0 Å². The lowest BCUT2D eigenvalue weighted by Gasteiger charge is -2.11. The number of aryl methyl sites for hydroxylation is 2. The van der Waals surface area contributed by atoms with Gasteiger partial charge in [-0.3, -0.25) is 4.72 Å². The first-order valence-corrected chi connectivity index (χ1v) is 8.55. The standard InChI is InChI=1S/C14H17N3O2S/c1-20(18,19)16-12-7-5-11(6-8-12)13-10-17-9-3-2-4-14(17)15-13/h5-8,10,16H,2-4,9H2,1H3. The van der Waals surface area contributed by atoms with Crippen LogP contribution < -0.4 is 4.72 Å². The van der Waals surface area contributed by atoms with E-state index in [1.54, 1.807) is 12.1 Å². The third-order valence-electron chi connectivity index (χ3n) is 3.39. The third kappa shape index (κ3) is 2.85. The van der Waals surface area contributed by atoms with Crippen LogP contribution >= 0.6 is 0 Å². The molecule has 3 rings (SSSR count). The molecule has 0 bridgehead atoms. The molecule has 1 aliphatic heterocycles. The molecule has 0 aliphatic carbocycles. The fraction of sp³-hybridized carbons (Fsp3) is 0.357. The van der Waals surface area contributed by atoms with Gasteiger partial charge in [-0.05, 0) is 25.0 Å². The van der Waals surface area contributed by atoms with E-state index in [9.17, 15) is 8.42 Å². The van der Waals surface area contributed by atoms with Gasteiger partial charge < -0.3 is 4.57 Å². The average molecular weight is 291 g/mol. The molecule has 20 heavy (non-hydrogen) atoms. The highest BCUT2D eigenvalue weighted by atomic mass is 32.2. The first-order valence-electron chi connectivity index (χ1n) is 6.65. The van der Waals surface area contributed by atoms with E-state index in [0.29, 0.717) is 5.69 Å². The predicted molar refractivity (Wildman–Crippen MR) is 79.1 cm³/mol. The van der Waals surface area contributed by atoms with E-state index in [4.69, 9.17) is 0 Å². The lowest BCUT2D eigenvalue weighted by atomic mass is 10.1. The molecule has 1 aromatic carbocycles. The zero-order valence-corrected chi connectivity index (χ0v) is 12.2. The predicted octanol–water partition coefficient (Wildman–Crippen LogP) is 2.26. The number of rotatable bonds is 3. The molecule has 106 valence electrons. The minimum atomic E-state index is -3.23. The molecule has 5 nitrogen and oxygen atoms in total. The average Bonchev–Trinajstić information content (AvgIpc) is 2.81. The Morgan fingerprint density at radius 3 is 2.60 bits per heavy atom. The summed E-state index contributed by atoms with van der Waals surface area (Å²) in [4.78, 5) is 4.65. The topological polar surface area (TPSA) is 64.0 Å². The molecular weight excluding hydrogens is 274 g/mol. The maximum absolute atomic E-state index is 11.2. The minimum absolute atomic E-state index is 0.570. The van der Waals surface area contributed by atoms with E-state index < -0.39 is 10.0 Å². The van der Waals surface area contributed by atoms with E-state index in [0.717, 1.165) is 36.3 Å². The number of anilines is 1. The number of sulfonamides is 1. The van der Waals surface area contributed by atoms with Crippen LogP contribution in [0.25, 0.3) is 11.3 Å². The van der Waals surface area contributed by atoms with Gasteiger partial charge in [-0.15, -0.1) is 0 Å². The molecule has 0 amide bonds. The van der Waals surface area contributed by atoms with E-state index in [-0.39, 0.29) is 0 Å². The number of benzene rings is 1. The van der Waals surface area contributed by atoms with Crippen molar-refractivity contribution in [3.05, 3.63) is 36.3 Å². The quantitative estimate of drug-likeness (QED) is 0.943. The Labute approximate surface area is 118 Å². The van der Waals surface area contributed by atoms with Crippen LogP contribution in [0, 0.1) is 0 Å². The smallest absolute Gasteiger partial charge is 0.229 e. The zero-order valence-electron chi connectivity index (χ0n) is 11.3. The lowest BCUT2D eigenvalue weighted by molar-refractivity contribution is 0.522. The van der Waals surface area contributed by atoms with Gasteiger partial charge in [0, 0.05) is 30.4 Å². The maximum Gasteiger partial charge on any atom is 0.229 e. The summed E-state index contributed by atoms with van der Waals surface area (Å²) in [6, 6.07) is 7.30. The van der Waals surface area contributed by atoms with Gasteiger partial charge in [-0.25, -0.2) is 13.4 Å². The largest absolute Gasteiger partial charge is 0.334 e. The van der Waals surface area contributed by atoms with Crippen LogP contribution in [-0.4, -0.2) is 24.2 Å². The number of fused-ring (bicyclic) bond motifs is 1. The third-order valence-corrected chi connectivity index (χ3v) is 4.00. The molecule has 0 fully saturated rings. The van der Waals surface area contributed by atoms with E-state index in [1.165, 1.54) is 12.8 Å². The molecular formula is C14H17N3O2S. The van der Waals surface area contributed by atoms with Crippen molar-refractivity contribution in [2.75, 3.05) is 11.0 Å². The molecule has 1 N–H and O–H groups in total. The Kier molecular flexibility index (Phi) is 3.25. The summed E-state index contributed by atoms with van der Waals surface area (Å²) < 4.78 is 27.0. The van der Waals surface area contributed by atoms with Crippen molar-refractivity contribution < 1.29 is 8.42 Å². The van der Waals surface area contributed by atoms with Crippen LogP contribution in [-0.2, 0) is 23.0 Å². The van der Waals surface area contributed by atoms with Gasteiger partial charge in [0.25, 0.3) is 0 Å². The molecule has 0 unspecified atom stereocenters. The van der Waals surface area contributed by atoms with Crippen molar-refractivity contribution in [1.82, 2.24) is 9.55 Å². The number of imidazole rings is 1. The number of nitrogens with one attached hydrogen (secondary N) is 1. The molecule has 2 heterocycles.